The highest BCUT2D eigenvalue weighted by atomic mass is 16.5. The van der Waals surface area contributed by atoms with Crippen molar-refractivity contribution >= 4 is 34.3 Å². The van der Waals surface area contributed by atoms with E-state index in [1.807, 2.05) is 56.0 Å². The van der Waals surface area contributed by atoms with Crippen LogP contribution in [0.15, 0.2) is 60.8 Å². The van der Waals surface area contributed by atoms with Gasteiger partial charge in [-0.25, -0.2) is 4.98 Å². The lowest BCUT2D eigenvalue weighted by molar-refractivity contribution is 0.0958. The number of ether oxygens (including phenoxy) is 1. The van der Waals surface area contributed by atoms with Crippen LogP contribution in [0.3, 0.4) is 0 Å². The number of anilines is 3. The van der Waals surface area contributed by atoms with Gasteiger partial charge in [0.25, 0.3) is 5.91 Å². The van der Waals surface area contributed by atoms with Crippen molar-refractivity contribution in [1.82, 2.24) is 19.9 Å². The van der Waals surface area contributed by atoms with Gasteiger partial charge in [-0.05, 0) is 42.5 Å². The highest BCUT2D eigenvalue weighted by molar-refractivity contribution is 5.92. The number of hydrogen-bond acceptors (Lipinski definition) is 6. The Morgan fingerprint density at radius 3 is 2.48 bits per heavy atom. The number of hydrogen-bond donors (Lipinski definition) is 2. The second-order valence-corrected chi connectivity index (χ2v) is 7.27. The third-order valence-electron chi connectivity index (χ3n) is 4.92. The van der Waals surface area contributed by atoms with Crippen LogP contribution in [0.1, 0.15) is 10.5 Å². The second kappa shape index (κ2) is 8.35. The predicted molar refractivity (Wildman–Crippen MR) is 122 cm³/mol. The maximum absolute atomic E-state index is 11.8. The Kier molecular flexibility index (Phi) is 5.44. The summed E-state index contributed by atoms with van der Waals surface area (Å²) in [4.78, 5) is 22.6. The maximum atomic E-state index is 11.8. The molecule has 2 aromatic heterocycles. The lowest BCUT2D eigenvalue weighted by atomic mass is 10.2. The van der Waals surface area contributed by atoms with Crippen molar-refractivity contribution < 1.29 is 9.53 Å². The number of amides is 1. The molecule has 0 aliphatic carbocycles. The number of nitrogens with zero attached hydrogens (tertiary/aromatic N) is 4. The largest absolute Gasteiger partial charge is 0.457 e. The molecule has 8 heteroatoms. The summed E-state index contributed by atoms with van der Waals surface area (Å²) in [5.41, 5.74) is 4.16. The van der Waals surface area contributed by atoms with Crippen molar-refractivity contribution in [2.24, 2.45) is 7.05 Å². The summed E-state index contributed by atoms with van der Waals surface area (Å²) in [5.74, 6) is 1.63. The summed E-state index contributed by atoms with van der Waals surface area (Å²) < 4.78 is 7.93. The number of rotatable bonds is 6. The van der Waals surface area contributed by atoms with Gasteiger partial charge in [0.2, 0.25) is 5.95 Å². The first-order valence-corrected chi connectivity index (χ1v) is 9.81. The molecule has 0 saturated carbocycles. The molecule has 4 rings (SSSR count). The minimum absolute atomic E-state index is 0.264. The van der Waals surface area contributed by atoms with Crippen LogP contribution in [0.5, 0.6) is 11.5 Å². The first-order valence-electron chi connectivity index (χ1n) is 9.81. The molecule has 8 nitrogen and oxygen atoms in total. The van der Waals surface area contributed by atoms with E-state index in [1.165, 1.54) is 0 Å². The van der Waals surface area contributed by atoms with Crippen LogP contribution in [-0.4, -0.2) is 41.6 Å². The van der Waals surface area contributed by atoms with Crippen LogP contribution in [0.25, 0.3) is 11.0 Å². The van der Waals surface area contributed by atoms with Crippen LogP contribution >= 0.6 is 0 Å². The Morgan fingerprint density at radius 1 is 1.03 bits per heavy atom. The van der Waals surface area contributed by atoms with Gasteiger partial charge in [0.1, 0.15) is 17.2 Å². The zero-order valence-corrected chi connectivity index (χ0v) is 17.9. The smallest absolute Gasteiger partial charge is 0.269 e. The van der Waals surface area contributed by atoms with E-state index in [0.29, 0.717) is 17.2 Å². The fourth-order valence-electron chi connectivity index (χ4n) is 3.19. The Morgan fingerprint density at radius 2 is 1.77 bits per heavy atom. The fourth-order valence-corrected chi connectivity index (χ4v) is 3.19. The van der Waals surface area contributed by atoms with Crippen molar-refractivity contribution in [3.8, 4) is 11.5 Å². The number of carbonyl (C=O) groups is 1. The molecule has 1 amide bonds. The van der Waals surface area contributed by atoms with Gasteiger partial charge >= 0.3 is 0 Å². The normalized spacial score (nSPS) is 10.7. The third kappa shape index (κ3) is 4.28. The van der Waals surface area contributed by atoms with Crippen LogP contribution < -0.4 is 20.3 Å². The Labute approximate surface area is 180 Å². The van der Waals surface area contributed by atoms with E-state index in [0.717, 1.165) is 28.4 Å². The first-order chi connectivity index (χ1) is 14.9. The predicted octanol–water partition coefficient (Wildman–Crippen LogP) is 3.93. The highest BCUT2D eigenvalue weighted by Gasteiger charge is 2.11. The third-order valence-corrected chi connectivity index (χ3v) is 4.92. The second-order valence-electron chi connectivity index (χ2n) is 7.27. The number of benzene rings is 2. The van der Waals surface area contributed by atoms with Gasteiger partial charge in [0, 0.05) is 57.9 Å². The lowest BCUT2D eigenvalue weighted by Crippen LogP contribution is -2.18. The van der Waals surface area contributed by atoms with Crippen LogP contribution in [0, 0.1) is 0 Å². The molecule has 31 heavy (non-hydrogen) atoms. The molecule has 158 valence electrons. The number of imidazole rings is 1. The molecule has 0 spiro atoms. The van der Waals surface area contributed by atoms with Crippen LogP contribution in [0.2, 0.25) is 0 Å². The summed E-state index contributed by atoms with van der Waals surface area (Å²) in [5, 5.41) is 5.92. The van der Waals surface area contributed by atoms with E-state index in [-0.39, 0.29) is 5.91 Å². The Hall–Kier alpha value is -4.07. The molecule has 2 heterocycles. The summed E-state index contributed by atoms with van der Waals surface area (Å²) in [6, 6.07) is 17.2. The van der Waals surface area contributed by atoms with Crippen LogP contribution in [-0.2, 0) is 7.05 Å². The van der Waals surface area contributed by atoms with Crippen molar-refractivity contribution in [2.75, 3.05) is 31.4 Å². The molecule has 0 bridgehead atoms. The minimum Gasteiger partial charge on any atom is -0.457 e. The number of pyridine rings is 1. The molecule has 2 aromatic carbocycles. The van der Waals surface area contributed by atoms with Crippen molar-refractivity contribution in [3.05, 3.63) is 66.5 Å². The topological polar surface area (TPSA) is 84.3 Å². The van der Waals surface area contributed by atoms with Gasteiger partial charge in [0.05, 0.1) is 11.0 Å². The van der Waals surface area contributed by atoms with Gasteiger partial charge in [-0.2, -0.15) is 0 Å². The van der Waals surface area contributed by atoms with E-state index in [4.69, 9.17) is 9.72 Å². The molecular formula is C23H24N6O2. The van der Waals surface area contributed by atoms with Gasteiger partial charge in [-0.1, -0.05) is 0 Å². The van der Waals surface area contributed by atoms with E-state index >= 15 is 0 Å². The molecule has 2 N–H and O–H groups in total. The number of aryl methyl sites for hydroxylation is 1. The van der Waals surface area contributed by atoms with E-state index in [2.05, 4.69) is 32.7 Å². The standard InChI is InChI=1S/C23H24N6O2/c1-24-22(30)20-14-18(11-12-25-20)31-17-9-10-21-19(13-17)27-23(29(21)4)26-15-5-7-16(8-6-15)28(2)3/h5-14H,1-4H3,(H,24,30)(H,26,27). The van der Waals surface area contributed by atoms with Crippen molar-refractivity contribution in [2.45, 2.75) is 0 Å². The summed E-state index contributed by atoms with van der Waals surface area (Å²) in [7, 11) is 7.55. The van der Waals surface area contributed by atoms with Gasteiger partial charge in [-0.3, -0.25) is 9.78 Å². The number of fused-ring (bicyclic) bond motifs is 1. The van der Waals surface area contributed by atoms with Gasteiger partial charge in [0.15, 0.2) is 0 Å². The quantitative estimate of drug-likeness (QED) is 0.495. The van der Waals surface area contributed by atoms with E-state index in [1.54, 1.807) is 25.4 Å². The molecule has 0 fully saturated rings. The zero-order chi connectivity index (χ0) is 22.0. The number of carbonyl (C=O) groups excluding carboxylic acids is 1. The highest BCUT2D eigenvalue weighted by Crippen LogP contribution is 2.28. The SMILES string of the molecule is CNC(=O)c1cc(Oc2ccc3c(c2)nc(Nc2ccc(N(C)C)cc2)n3C)ccn1. The van der Waals surface area contributed by atoms with Crippen molar-refractivity contribution in [1.29, 1.82) is 0 Å². The molecule has 0 saturated heterocycles. The summed E-state index contributed by atoms with van der Waals surface area (Å²) in [6.07, 6.45) is 1.54. The molecule has 4 aromatic rings. The summed E-state index contributed by atoms with van der Waals surface area (Å²) >= 11 is 0. The molecule has 0 atom stereocenters. The lowest BCUT2D eigenvalue weighted by Gasteiger charge is -2.13. The monoisotopic (exact) mass is 416 g/mol. The van der Waals surface area contributed by atoms with E-state index in [9.17, 15) is 4.79 Å². The maximum Gasteiger partial charge on any atom is 0.269 e. The molecule has 0 aliphatic heterocycles. The number of nitrogens with one attached hydrogen (secondary N) is 2. The Bertz CT molecular complexity index is 1230. The fraction of sp³-hybridized carbons (Fsp3) is 0.174. The van der Waals surface area contributed by atoms with E-state index < -0.39 is 0 Å². The molecule has 0 radical (unpaired) electrons. The van der Waals surface area contributed by atoms with Gasteiger partial charge in [-0.15, -0.1) is 0 Å². The van der Waals surface area contributed by atoms with Crippen LogP contribution in [0.4, 0.5) is 17.3 Å². The Balaban J connectivity index is 1.57. The first kappa shape index (κ1) is 20.2. The molecule has 0 aliphatic rings. The number of aromatic nitrogens is 3. The molecular weight excluding hydrogens is 392 g/mol. The molecule has 0 unspecified atom stereocenters. The average Bonchev–Trinajstić information content (AvgIpc) is 3.08. The average molecular weight is 416 g/mol. The minimum atomic E-state index is -0.264. The van der Waals surface area contributed by atoms with Crippen molar-refractivity contribution in [3.63, 3.8) is 0 Å². The summed E-state index contributed by atoms with van der Waals surface area (Å²) in [6.45, 7) is 0. The van der Waals surface area contributed by atoms with Gasteiger partial charge < -0.3 is 24.8 Å². The zero-order valence-electron chi connectivity index (χ0n) is 17.9.